The molecule has 1 aliphatic rings. The van der Waals surface area contributed by atoms with Crippen LogP contribution in [-0.2, 0) is 30.4 Å². The van der Waals surface area contributed by atoms with E-state index in [4.69, 9.17) is 18.6 Å². The summed E-state index contributed by atoms with van der Waals surface area (Å²) < 4.78 is 21.4. The standard InChI is InChI=1S/C22H27NO7/c1-3-27-13-17-16-7-5-6-8-18(16)30-20(17)22(26)29-14-19(24)23-11-9-15(10-12-23)21(25)28-4-2/h5-8,15H,3-4,9-14H2,1-2H3. The summed E-state index contributed by atoms with van der Waals surface area (Å²) in [4.78, 5) is 38.4. The van der Waals surface area contributed by atoms with E-state index in [2.05, 4.69) is 0 Å². The Hall–Kier alpha value is -2.87. The topological polar surface area (TPSA) is 95.3 Å². The zero-order valence-corrected chi connectivity index (χ0v) is 17.3. The molecule has 0 spiro atoms. The van der Waals surface area contributed by atoms with Gasteiger partial charge in [0.15, 0.2) is 6.61 Å². The van der Waals surface area contributed by atoms with E-state index in [9.17, 15) is 14.4 Å². The van der Waals surface area contributed by atoms with Crippen molar-refractivity contribution in [3.63, 3.8) is 0 Å². The molecule has 30 heavy (non-hydrogen) atoms. The second-order valence-corrected chi connectivity index (χ2v) is 7.03. The number of fused-ring (bicyclic) bond motifs is 1. The normalized spacial score (nSPS) is 14.7. The molecule has 2 aromatic rings. The van der Waals surface area contributed by atoms with E-state index < -0.39 is 5.97 Å². The highest BCUT2D eigenvalue weighted by Crippen LogP contribution is 2.27. The van der Waals surface area contributed by atoms with E-state index in [1.165, 1.54) is 0 Å². The van der Waals surface area contributed by atoms with Crippen molar-refractivity contribution in [3.05, 3.63) is 35.6 Å². The Kier molecular flexibility index (Phi) is 7.46. The highest BCUT2D eigenvalue weighted by atomic mass is 16.6. The summed E-state index contributed by atoms with van der Waals surface area (Å²) in [5, 5.41) is 0.783. The number of hydrogen-bond donors (Lipinski definition) is 0. The minimum absolute atomic E-state index is 0.0541. The monoisotopic (exact) mass is 417 g/mol. The second kappa shape index (κ2) is 10.2. The number of nitrogens with zero attached hydrogens (tertiary/aromatic N) is 1. The van der Waals surface area contributed by atoms with Crippen LogP contribution in [0, 0.1) is 5.92 Å². The van der Waals surface area contributed by atoms with Gasteiger partial charge in [-0.25, -0.2) is 4.79 Å². The molecule has 1 saturated heterocycles. The number of carbonyl (C=O) groups excluding carboxylic acids is 3. The van der Waals surface area contributed by atoms with Crippen LogP contribution in [0.2, 0.25) is 0 Å². The minimum Gasteiger partial charge on any atom is -0.466 e. The molecule has 2 heterocycles. The number of piperidine rings is 1. The van der Waals surface area contributed by atoms with Gasteiger partial charge in [-0.3, -0.25) is 9.59 Å². The smallest absolute Gasteiger partial charge is 0.375 e. The molecule has 0 bridgehead atoms. The Morgan fingerprint density at radius 3 is 2.50 bits per heavy atom. The summed E-state index contributed by atoms with van der Waals surface area (Å²) in [6.45, 7) is 5.17. The Balaban J connectivity index is 1.58. The van der Waals surface area contributed by atoms with E-state index in [-0.39, 0.29) is 36.8 Å². The number of carbonyl (C=O) groups is 3. The maximum Gasteiger partial charge on any atom is 0.375 e. The van der Waals surface area contributed by atoms with E-state index in [1.807, 2.05) is 25.1 Å². The lowest BCUT2D eigenvalue weighted by atomic mass is 9.97. The van der Waals surface area contributed by atoms with Crippen LogP contribution in [0.3, 0.4) is 0 Å². The van der Waals surface area contributed by atoms with Crippen LogP contribution >= 0.6 is 0 Å². The van der Waals surface area contributed by atoms with Crippen LogP contribution in [-0.4, -0.2) is 55.7 Å². The number of furan rings is 1. The number of para-hydroxylation sites is 1. The summed E-state index contributed by atoms with van der Waals surface area (Å²) >= 11 is 0. The number of esters is 2. The molecule has 1 aromatic heterocycles. The fourth-order valence-corrected chi connectivity index (χ4v) is 3.52. The third-order valence-corrected chi connectivity index (χ3v) is 5.13. The molecule has 0 aliphatic carbocycles. The molecule has 0 radical (unpaired) electrons. The molecule has 8 nitrogen and oxygen atoms in total. The first-order valence-electron chi connectivity index (χ1n) is 10.2. The van der Waals surface area contributed by atoms with Gasteiger partial charge in [0.05, 0.1) is 19.1 Å². The minimum atomic E-state index is -0.698. The lowest BCUT2D eigenvalue weighted by Gasteiger charge is -2.30. The van der Waals surface area contributed by atoms with Crippen LogP contribution < -0.4 is 0 Å². The van der Waals surface area contributed by atoms with Crippen molar-refractivity contribution in [1.29, 1.82) is 0 Å². The first kappa shape index (κ1) is 21.8. The highest BCUT2D eigenvalue weighted by molar-refractivity contribution is 5.96. The van der Waals surface area contributed by atoms with Gasteiger partial charge < -0.3 is 23.5 Å². The summed E-state index contributed by atoms with van der Waals surface area (Å²) in [7, 11) is 0. The fourth-order valence-electron chi connectivity index (χ4n) is 3.52. The SMILES string of the molecule is CCOCc1c(C(=O)OCC(=O)N2CCC(C(=O)OCC)CC2)oc2ccccc12. The molecule has 1 amide bonds. The average molecular weight is 417 g/mol. The lowest BCUT2D eigenvalue weighted by Crippen LogP contribution is -2.42. The Morgan fingerprint density at radius 1 is 1.07 bits per heavy atom. The maximum absolute atomic E-state index is 12.6. The quantitative estimate of drug-likeness (QED) is 0.610. The summed E-state index contributed by atoms with van der Waals surface area (Å²) in [6.07, 6.45) is 1.08. The van der Waals surface area contributed by atoms with E-state index in [0.717, 1.165) is 5.39 Å². The van der Waals surface area contributed by atoms with Crippen molar-refractivity contribution in [3.8, 4) is 0 Å². The molecule has 162 valence electrons. The van der Waals surface area contributed by atoms with Crippen molar-refractivity contribution in [1.82, 2.24) is 4.90 Å². The van der Waals surface area contributed by atoms with Crippen molar-refractivity contribution in [2.45, 2.75) is 33.3 Å². The van der Waals surface area contributed by atoms with Gasteiger partial charge in [-0.2, -0.15) is 0 Å². The summed E-state index contributed by atoms with van der Waals surface area (Å²) in [6, 6.07) is 7.28. The predicted molar refractivity (Wildman–Crippen MR) is 108 cm³/mol. The molecule has 0 N–H and O–H groups in total. The van der Waals surface area contributed by atoms with Gasteiger partial charge in [-0.15, -0.1) is 0 Å². The van der Waals surface area contributed by atoms with Crippen molar-refractivity contribution >= 4 is 28.8 Å². The molecular formula is C22H27NO7. The first-order chi connectivity index (χ1) is 14.5. The van der Waals surface area contributed by atoms with Crippen molar-refractivity contribution < 1.29 is 33.0 Å². The molecule has 0 saturated carbocycles. The van der Waals surface area contributed by atoms with Crippen molar-refractivity contribution in [2.24, 2.45) is 5.92 Å². The third-order valence-electron chi connectivity index (χ3n) is 5.13. The number of amides is 1. The van der Waals surface area contributed by atoms with Gasteiger partial charge in [0.25, 0.3) is 5.91 Å². The number of hydrogen-bond acceptors (Lipinski definition) is 7. The molecule has 1 aliphatic heterocycles. The van der Waals surface area contributed by atoms with Gasteiger partial charge in [0.1, 0.15) is 5.58 Å². The highest BCUT2D eigenvalue weighted by Gasteiger charge is 2.29. The van der Waals surface area contributed by atoms with Gasteiger partial charge in [0.2, 0.25) is 5.76 Å². The number of ether oxygens (including phenoxy) is 3. The van der Waals surface area contributed by atoms with Crippen LogP contribution in [0.15, 0.2) is 28.7 Å². The predicted octanol–water partition coefficient (Wildman–Crippen LogP) is 2.93. The number of rotatable bonds is 8. The summed E-state index contributed by atoms with van der Waals surface area (Å²) in [5.74, 6) is -1.35. The van der Waals surface area contributed by atoms with Crippen molar-refractivity contribution in [2.75, 3.05) is 32.9 Å². The van der Waals surface area contributed by atoms with Crippen LogP contribution in [0.4, 0.5) is 0 Å². The molecule has 0 unspecified atom stereocenters. The molecule has 8 heteroatoms. The lowest BCUT2D eigenvalue weighted by molar-refractivity contribution is -0.151. The van der Waals surface area contributed by atoms with E-state index in [0.29, 0.717) is 50.3 Å². The maximum atomic E-state index is 12.6. The van der Waals surface area contributed by atoms with Gasteiger partial charge in [-0.05, 0) is 32.8 Å². The first-order valence-corrected chi connectivity index (χ1v) is 10.2. The largest absolute Gasteiger partial charge is 0.466 e. The molecule has 1 fully saturated rings. The van der Waals surface area contributed by atoms with Gasteiger partial charge in [-0.1, -0.05) is 18.2 Å². The third kappa shape index (κ3) is 4.99. The second-order valence-electron chi connectivity index (χ2n) is 7.03. The van der Waals surface area contributed by atoms with E-state index >= 15 is 0 Å². The molecular weight excluding hydrogens is 390 g/mol. The zero-order valence-electron chi connectivity index (χ0n) is 17.3. The summed E-state index contributed by atoms with van der Waals surface area (Å²) in [5.41, 5.74) is 1.17. The van der Waals surface area contributed by atoms with Crippen LogP contribution in [0.25, 0.3) is 11.0 Å². The molecule has 0 atom stereocenters. The number of benzene rings is 1. The van der Waals surface area contributed by atoms with Crippen LogP contribution in [0.5, 0.6) is 0 Å². The molecule has 3 rings (SSSR count). The Morgan fingerprint density at radius 2 is 1.80 bits per heavy atom. The number of likely N-dealkylation sites (tertiary alicyclic amines) is 1. The average Bonchev–Trinajstić information content (AvgIpc) is 3.14. The Labute approximate surface area is 175 Å². The van der Waals surface area contributed by atoms with Gasteiger partial charge >= 0.3 is 11.9 Å². The van der Waals surface area contributed by atoms with Crippen LogP contribution in [0.1, 0.15) is 42.8 Å². The Bertz CT molecular complexity index is 896. The molecule has 1 aromatic carbocycles. The van der Waals surface area contributed by atoms with Gasteiger partial charge in [0, 0.05) is 30.6 Å². The zero-order chi connectivity index (χ0) is 21.5. The fraction of sp³-hybridized carbons (Fsp3) is 0.500. The van der Waals surface area contributed by atoms with E-state index in [1.54, 1.807) is 17.9 Å².